The summed E-state index contributed by atoms with van der Waals surface area (Å²) >= 11 is 0. The summed E-state index contributed by atoms with van der Waals surface area (Å²) in [6.07, 6.45) is 3.39. The molecule has 114 valence electrons. The fourth-order valence-electron chi connectivity index (χ4n) is 2.38. The van der Waals surface area contributed by atoms with Gasteiger partial charge in [-0.1, -0.05) is 12.1 Å². The molecule has 0 saturated carbocycles. The van der Waals surface area contributed by atoms with Crippen LogP contribution in [0.2, 0.25) is 0 Å². The van der Waals surface area contributed by atoms with Crippen LogP contribution in [0.15, 0.2) is 47.1 Å². The van der Waals surface area contributed by atoms with E-state index in [1.165, 1.54) is 6.07 Å². The van der Waals surface area contributed by atoms with Crippen molar-refractivity contribution in [2.75, 3.05) is 6.54 Å². The Morgan fingerprint density at radius 3 is 2.57 bits per heavy atom. The van der Waals surface area contributed by atoms with Gasteiger partial charge in [0, 0.05) is 12.0 Å². The average molecular weight is 289 g/mol. The van der Waals surface area contributed by atoms with Crippen molar-refractivity contribution in [3.05, 3.63) is 59.8 Å². The highest BCUT2D eigenvalue weighted by Crippen LogP contribution is 2.16. The third-order valence-electron chi connectivity index (χ3n) is 3.40. The fraction of sp³-hybridized carbons (Fsp3) is 0.444. The van der Waals surface area contributed by atoms with E-state index in [2.05, 4.69) is 26.1 Å². The van der Waals surface area contributed by atoms with Crippen molar-refractivity contribution in [3.8, 4) is 0 Å². The third-order valence-corrected chi connectivity index (χ3v) is 3.40. The zero-order valence-corrected chi connectivity index (χ0v) is 13.0. The summed E-state index contributed by atoms with van der Waals surface area (Å²) in [4.78, 5) is 0. The lowest BCUT2D eigenvalue weighted by atomic mass is 9.94. The largest absolute Gasteiger partial charge is 0.469 e. The lowest BCUT2D eigenvalue weighted by Gasteiger charge is -2.25. The number of rotatable bonds is 6. The minimum Gasteiger partial charge on any atom is -0.469 e. The Hall–Kier alpha value is -1.61. The second-order valence-electron chi connectivity index (χ2n) is 6.61. The van der Waals surface area contributed by atoms with Gasteiger partial charge in [0.2, 0.25) is 0 Å². The minimum atomic E-state index is -0.173. The van der Waals surface area contributed by atoms with Gasteiger partial charge in [-0.2, -0.15) is 0 Å². The molecule has 0 bridgehead atoms. The molecule has 1 aromatic heterocycles. The number of benzene rings is 1. The van der Waals surface area contributed by atoms with Gasteiger partial charge in [0.05, 0.1) is 6.26 Å². The third kappa shape index (κ3) is 5.72. The predicted octanol–water partition coefficient (Wildman–Crippen LogP) is 4.21. The van der Waals surface area contributed by atoms with Crippen LogP contribution in [0.4, 0.5) is 4.39 Å². The first kappa shape index (κ1) is 15.8. The molecule has 0 amide bonds. The molecule has 0 aliphatic carbocycles. The Labute approximate surface area is 126 Å². The normalized spacial score (nSPS) is 13.3. The quantitative estimate of drug-likeness (QED) is 0.862. The maximum absolute atomic E-state index is 13.3. The molecule has 1 heterocycles. The maximum atomic E-state index is 13.3. The lowest BCUT2D eigenvalue weighted by molar-refractivity contribution is 0.351. The summed E-state index contributed by atoms with van der Waals surface area (Å²) in [5.41, 5.74) is 1.10. The zero-order valence-electron chi connectivity index (χ0n) is 13.0. The summed E-state index contributed by atoms with van der Waals surface area (Å²) in [6, 6.07) is 10.8. The molecule has 1 N–H and O–H groups in total. The van der Waals surface area contributed by atoms with E-state index in [-0.39, 0.29) is 11.4 Å². The number of nitrogens with one attached hydrogen (secondary N) is 1. The van der Waals surface area contributed by atoms with Crippen molar-refractivity contribution in [2.24, 2.45) is 5.92 Å². The number of furan rings is 1. The van der Waals surface area contributed by atoms with E-state index < -0.39 is 0 Å². The van der Waals surface area contributed by atoms with E-state index in [4.69, 9.17) is 4.42 Å². The summed E-state index contributed by atoms with van der Waals surface area (Å²) in [7, 11) is 0. The molecule has 0 radical (unpaired) electrons. The Morgan fingerprint density at radius 1 is 1.14 bits per heavy atom. The standard InChI is InChI=1S/C18H24FNO/c1-18(2,3)20-13-15(12-17-8-5-9-21-17)10-14-6-4-7-16(19)11-14/h4-9,11,15,20H,10,12-13H2,1-3H3. The molecule has 0 saturated heterocycles. The smallest absolute Gasteiger partial charge is 0.123 e. The van der Waals surface area contributed by atoms with Gasteiger partial charge in [-0.3, -0.25) is 0 Å². The van der Waals surface area contributed by atoms with Crippen LogP contribution >= 0.6 is 0 Å². The van der Waals surface area contributed by atoms with Gasteiger partial charge < -0.3 is 9.73 Å². The Bertz CT molecular complexity index is 543. The van der Waals surface area contributed by atoms with E-state index in [0.717, 1.165) is 30.7 Å². The molecule has 0 fully saturated rings. The van der Waals surface area contributed by atoms with Crippen molar-refractivity contribution >= 4 is 0 Å². The molecule has 21 heavy (non-hydrogen) atoms. The molecule has 0 aliphatic rings. The van der Waals surface area contributed by atoms with Crippen LogP contribution in [0.3, 0.4) is 0 Å². The van der Waals surface area contributed by atoms with Crippen LogP contribution in [0.5, 0.6) is 0 Å². The van der Waals surface area contributed by atoms with Crippen molar-refractivity contribution in [2.45, 2.75) is 39.2 Å². The minimum absolute atomic E-state index is 0.0728. The number of hydrogen-bond donors (Lipinski definition) is 1. The molecule has 3 heteroatoms. The van der Waals surface area contributed by atoms with Crippen LogP contribution < -0.4 is 5.32 Å². The highest BCUT2D eigenvalue weighted by Gasteiger charge is 2.16. The molecule has 0 spiro atoms. The van der Waals surface area contributed by atoms with Gasteiger partial charge in [-0.25, -0.2) is 4.39 Å². The van der Waals surface area contributed by atoms with Crippen molar-refractivity contribution < 1.29 is 8.81 Å². The molecule has 1 atom stereocenters. The van der Waals surface area contributed by atoms with E-state index in [9.17, 15) is 4.39 Å². The van der Waals surface area contributed by atoms with E-state index in [1.807, 2.05) is 18.2 Å². The van der Waals surface area contributed by atoms with Crippen molar-refractivity contribution in [1.82, 2.24) is 5.32 Å². The van der Waals surface area contributed by atoms with Crippen LogP contribution in [0.25, 0.3) is 0 Å². The van der Waals surface area contributed by atoms with Crippen LogP contribution in [0, 0.1) is 11.7 Å². The maximum Gasteiger partial charge on any atom is 0.123 e. The van der Waals surface area contributed by atoms with Crippen LogP contribution in [-0.4, -0.2) is 12.1 Å². The van der Waals surface area contributed by atoms with Gasteiger partial charge >= 0.3 is 0 Å². The fourth-order valence-corrected chi connectivity index (χ4v) is 2.38. The predicted molar refractivity (Wildman–Crippen MR) is 83.8 cm³/mol. The van der Waals surface area contributed by atoms with Crippen molar-refractivity contribution in [1.29, 1.82) is 0 Å². The van der Waals surface area contributed by atoms with Gasteiger partial charge in [0.1, 0.15) is 11.6 Å². The molecule has 2 nitrogen and oxygen atoms in total. The highest BCUT2D eigenvalue weighted by atomic mass is 19.1. The molecule has 0 aliphatic heterocycles. The van der Waals surface area contributed by atoms with E-state index in [0.29, 0.717) is 5.92 Å². The first-order valence-electron chi connectivity index (χ1n) is 7.44. The van der Waals surface area contributed by atoms with Crippen molar-refractivity contribution in [3.63, 3.8) is 0 Å². The SMILES string of the molecule is CC(C)(C)NCC(Cc1cccc(F)c1)Cc1ccco1. The molecule has 2 aromatic rings. The average Bonchev–Trinajstić information content (AvgIpc) is 2.88. The Kier molecular flexibility index (Phi) is 5.18. The monoisotopic (exact) mass is 289 g/mol. The molecule has 1 unspecified atom stereocenters. The second-order valence-corrected chi connectivity index (χ2v) is 6.61. The Morgan fingerprint density at radius 2 is 1.95 bits per heavy atom. The molecule has 1 aromatic carbocycles. The number of hydrogen-bond acceptors (Lipinski definition) is 2. The summed E-state index contributed by atoms with van der Waals surface area (Å²) in [5.74, 6) is 1.18. The molecule has 2 rings (SSSR count). The van der Waals surface area contributed by atoms with E-state index >= 15 is 0 Å². The van der Waals surface area contributed by atoms with Crippen LogP contribution in [0.1, 0.15) is 32.1 Å². The van der Waals surface area contributed by atoms with Gasteiger partial charge in [-0.15, -0.1) is 0 Å². The first-order chi connectivity index (χ1) is 9.92. The van der Waals surface area contributed by atoms with Gasteiger partial charge in [0.25, 0.3) is 0 Å². The van der Waals surface area contributed by atoms with Crippen LogP contribution in [-0.2, 0) is 12.8 Å². The van der Waals surface area contributed by atoms with E-state index in [1.54, 1.807) is 18.4 Å². The summed E-state index contributed by atoms with van der Waals surface area (Å²) < 4.78 is 18.8. The summed E-state index contributed by atoms with van der Waals surface area (Å²) in [5, 5.41) is 3.53. The first-order valence-corrected chi connectivity index (χ1v) is 7.44. The number of halogens is 1. The summed E-state index contributed by atoms with van der Waals surface area (Å²) in [6.45, 7) is 7.33. The molecular formula is C18H24FNO. The lowest BCUT2D eigenvalue weighted by Crippen LogP contribution is -2.40. The zero-order chi connectivity index (χ0) is 15.3. The van der Waals surface area contributed by atoms with Gasteiger partial charge in [0.15, 0.2) is 0 Å². The van der Waals surface area contributed by atoms with Gasteiger partial charge in [-0.05, 0) is 69.5 Å². The topological polar surface area (TPSA) is 25.2 Å². The Balaban J connectivity index is 2.03. The highest BCUT2D eigenvalue weighted by molar-refractivity contribution is 5.17. The molecular weight excluding hydrogens is 265 g/mol. The second kappa shape index (κ2) is 6.90.